The van der Waals surface area contributed by atoms with Crippen LogP contribution in [0.4, 0.5) is 10.2 Å². The van der Waals surface area contributed by atoms with Gasteiger partial charge in [0.2, 0.25) is 5.91 Å². The van der Waals surface area contributed by atoms with Gasteiger partial charge in [-0.1, -0.05) is 18.2 Å². The Bertz CT molecular complexity index is 1300. The Morgan fingerprint density at radius 2 is 1.85 bits per heavy atom. The van der Waals surface area contributed by atoms with E-state index in [1.165, 1.54) is 16.8 Å². The van der Waals surface area contributed by atoms with Crippen molar-refractivity contribution in [1.82, 2.24) is 24.9 Å². The molecule has 0 aliphatic carbocycles. The molecule has 172 valence electrons. The van der Waals surface area contributed by atoms with Gasteiger partial charge in [0.25, 0.3) is 0 Å². The second-order valence-electron chi connectivity index (χ2n) is 7.79. The predicted molar refractivity (Wildman–Crippen MR) is 126 cm³/mol. The normalized spacial score (nSPS) is 10.7. The van der Waals surface area contributed by atoms with Gasteiger partial charge >= 0.3 is 0 Å². The fraction of sp³-hybridized carbons (Fsp3) is 0.200. The lowest BCUT2D eigenvalue weighted by Crippen LogP contribution is -2.25. The van der Waals surface area contributed by atoms with Crippen molar-refractivity contribution in [2.45, 2.75) is 25.7 Å². The van der Waals surface area contributed by atoms with E-state index >= 15 is 0 Å². The fourth-order valence-electron chi connectivity index (χ4n) is 3.60. The molecule has 1 amide bonds. The monoisotopic (exact) mass is 457 g/mol. The van der Waals surface area contributed by atoms with Crippen molar-refractivity contribution in [3.63, 3.8) is 0 Å². The number of hydrogen-bond acceptors (Lipinski definition) is 5. The standard InChI is InChI=1S/C25H24FN7O/c26-19-9-11-21(12-10-19)33-25(28)22(15-27)23(31-33)7-4-14-29-24(34)13-8-18-16-30-32(17-18)20-5-2-1-3-6-20/h1-3,5-6,9-12,16-17H,4,7-8,13-14,28H2,(H,29,34). The highest BCUT2D eigenvalue weighted by atomic mass is 19.1. The molecule has 0 bridgehead atoms. The molecule has 4 rings (SSSR count). The van der Waals surface area contributed by atoms with Gasteiger partial charge in [-0.05, 0) is 61.2 Å². The zero-order valence-corrected chi connectivity index (χ0v) is 18.5. The van der Waals surface area contributed by atoms with Gasteiger partial charge in [0, 0.05) is 19.2 Å². The van der Waals surface area contributed by atoms with Crippen molar-refractivity contribution in [3.05, 3.63) is 89.6 Å². The van der Waals surface area contributed by atoms with Crippen molar-refractivity contribution in [3.8, 4) is 17.4 Å². The van der Waals surface area contributed by atoms with Crippen LogP contribution in [0.2, 0.25) is 0 Å². The van der Waals surface area contributed by atoms with Crippen LogP contribution >= 0.6 is 0 Å². The van der Waals surface area contributed by atoms with Crippen LogP contribution in [-0.4, -0.2) is 32.0 Å². The Kier molecular flexibility index (Phi) is 6.98. The maximum atomic E-state index is 13.2. The molecule has 0 aliphatic rings. The zero-order chi connectivity index (χ0) is 23.9. The maximum absolute atomic E-state index is 13.2. The van der Waals surface area contributed by atoms with Crippen molar-refractivity contribution in [2.75, 3.05) is 12.3 Å². The third-order valence-electron chi connectivity index (χ3n) is 5.39. The molecule has 0 aliphatic heterocycles. The second kappa shape index (κ2) is 10.4. The maximum Gasteiger partial charge on any atom is 0.220 e. The lowest BCUT2D eigenvalue weighted by atomic mass is 10.1. The van der Waals surface area contributed by atoms with Gasteiger partial charge in [-0.25, -0.2) is 13.8 Å². The first-order valence-electron chi connectivity index (χ1n) is 10.9. The number of nitrogens with two attached hydrogens (primary N) is 1. The molecule has 3 N–H and O–H groups in total. The number of benzene rings is 2. The largest absolute Gasteiger partial charge is 0.382 e. The summed E-state index contributed by atoms with van der Waals surface area (Å²) >= 11 is 0. The Balaban J connectivity index is 1.25. The van der Waals surface area contributed by atoms with E-state index < -0.39 is 0 Å². The lowest BCUT2D eigenvalue weighted by molar-refractivity contribution is -0.121. The number of aromatic nitrogens is 4. The van der Waals surface area contributed by atoms with Crippen LogP contribution in [0.1, 0.15) is 29.7 Å². The number of amides is 1. The molecular formula is C25H24FN7O. The molecule has 34 heavy (non-hydrogen) atoms. The van der Waals surface area contributed by atoms with Crippen LogP contribution in [-0.2, 0) is 17.6 Å². The summed E-state index contributed by atoms with van der Waals surface area (Å²) in [6.07, 6.45) is 5.73. The minimum atomic E-state index is -0.365. The first-order valence-corrected chi connectivity index (χ1v) is 10.9. The number of anilines is 1. The van der Waals surface area contributed by atoms with E-state index in [1.54, 1.807) is 23.0 Å². The van der Waals surface area contributed by atoms with E-state index in [4.69, 9.17) is 5.73 Å². The first-order chi connectivity index (χ1) is 16.5. The Morgan fingerprint density at radius 3 is 2.59 bits per heavy atom. The van der Waals surface area contributed by atoms with E-state index in [1.807, 2.05) is 36.5 Å². The molecule has 4 aromatic rings. The van der Waals surface area contributed by atoms with E-state index in [0.29, 0.717) is 49.2 Å². The number of hydrogen-bond donors (Lipinski definition) is 2. The Hall–Kier alpha value is -4.45. The number of nitrogens with one attached hydrogen (secondary N) is 1. The van der Waals surface area contributed by atoms with Gasteiger partial charge in [-0.15, -0.1) is 0 Å². The molecular weight excluding hydrogens is 433 g/mol. The molecule has 0 saturated heterocycles. The number of rotatable bonds is 9. The van der Waals surface area contributed by atoms with Gasteiger partial charge < -0.3 is 11.1 Å². The summed E-state index contributed by atoms with van der Waals surface area (Å²) in [6.45, 7) is 0.455. The summed E-state index contributed by atoms with van der Waals surface area (Å²) < 4.78 is 16.4. The first kappa shape index (κ1) is 22.7. The molecule has 0 radical (unpaired) electrons. The molecule has 8 nitrogen and oxygen atoms in total. The van der Waals surface area contributed by atoms with E-state index in [9.17, 15) is 14.4 Å². The quantitative estimate of drug-likeness (QED) is 0.374. The van der Waals surface area contributed by atoms with E-state index in [-0.39, 0.29) is 17.5 Å². The summed E-state index contributed by atoms with van der Waals surface area (Å²) in [4.78, 5) is 12.2. The highest BCUT2D eigenvalue weighted by Gasteiger charge is 2.16. The van der Waals surface area contributed by atoms with E-state index in [2.05, 4.69) is 21.6 Å². The zero-order valence-electron chi connectivity index (χ0n) is 18.5. The predicted octanol–water partition coefficient (Wildman–Crippen LogP) is 3.33. The smallest absolute Gasteiger partial charge is 0.220 e. The number of nitrogen functional groups attached to an aromatic ring is 1. The summed E-state index contributed by atoms with van der Waals surface area (Å²) in [5.74, 6) is -0.204. The number of carbonyl (C=O) groups excluding carboxylic acids is 1. The number of nitriles is 1. The molecule has 0 saturated carbocycles. The number of aryl methyl sites for hydroxylation is 2. The van der Waals surface area contributed by atoms with Crippen molar-refractivity contribution < 1.29 is 9.18 Å². The van der Waals surface area contributed by atoms with Crippen molar-refractivity contribution >= 4 is 11.7 Å². The number of para-hydroxylation sites is 1. The summed E-state index contributed by atoms with van der Waals surface area (Å²) in [7, 11) is 0. The lowest BCUT2D eigenvalue weighted by Gasteiger charge is -2.04. The summed E-state index contributed by atoms with van der Waals surface area (Å²) in [6, 6.07) is 17.6. The minimum Gasteiger partial charge on any atom is -0.382 e. The van der Waals surface area contributed by atoms with Crippen LogP contribution in [0.3, 0.4) is 0 Å². The number of carbonyl (C=O) groups is 1. The Labute approximate surface area is 196 Å². The third kappa shape index (κ3) is 5.30. The van der Waals surface area contributed by atoms with E-state index in [0.717, 1.165) is 11.3 Å². The van der Waals surface area contributed by atoms with Crippen LogP contribution in [0.5, 0.6) is 0 Å². The molecule has 0 fully saturated rings. The average Bonchev–Trinajstić information content (AvgIpc) is 3.46. The fourth-order valence-corrected chi connectivity index (χ4v) is 3.60. The second-order valence-corrected chi connectivity index (χ2v) is 7.79. The molecule has 2 aromatic heterocycles. The van der Waals surface area contributed by atoms with Crippen LogP contribution in [0.25, 0.3) is 11.4 Å². The molecule has 0 spiro atoms. The topological polar surface area (TPSA) is 115 Å². The van der Waals surface area contributed by atoms with Gasteiger partial charge in [0.1, 0.15) is 23.3 Å². The van der Waals surface area contributed by atoms with Crippen molar-refractivity contribution in [2.24, 2.45) is 0 Å². The molecule has 0 unspecified atom stereocenters. The van der Waals surface area contributed by atoms with Gasteiger partial charge in [-0.2, -0.15) is 15.5 Å². The van der Waals surface area contributed by atoms with Crippen molar-refractivity contribution in [1.29, 1.82) is 5.26 Å². The Morgan fingerprint density at radius 1 is 1.09 bits per heavy atom. The molecule has 2 heterocycles. The average molecular weight is 458 g/mol. The van der Waals surface area contributed by atoms with Crippen LogP contribution in [0.15, 0.2) is 67.0 Å². The highest BCUT2D eigenvalue weighted by molar-refractivity contribution is 5.76. The number of halogens is 1. The molecule has 0 atom stereocenters. The SMILES string of the molecule is N#Cc1c(CCCNC(=O)CCc2cnn(-c3ccccc3)c2)nn(-c2ccc(F)cc2)c1N. The minimum absolute atomic E-state index is 0.0516. The molecule has 2 aromatic carbocycles. The van der Waals surface area contributed by atoms with Crippen LogP contribution < -0.4 is 11.1 Å². The summed E-state index contributed by atoms with van der Waals surface area (Å²) in [5.41, 5.74) is 9.45. The number of nitrogens with zero attached hydrogens (tertiary/aromatic N) is 5. The van der Waals surface area contributed by atoms with Crippen LogP contribution in [0, 0.1) is 17.1 Å². The van der Waals surface area contributed by atoms with Gasteiger partial charge in [-0.3, -0.25) is 4.79 Å². The van der Waals surface area contributed by atoms with Gasteiger partial charge in [0.05, 0.1) is 23.3 Å². The third-order valence-corrected chi connectivity index (χ3v) is 5.39. The highest BCUT2D eigenvalue weighted by Crippen LogP contribution is 2.21. The molecule has 9 heteroatoms. The van der Waals surface area contributed by atoms with Gasteiger partial charge in [0.15, 0.2) is 0 Å². The summed E-state index contributed by atoms with van der Waals surface area (Å²) in [5, 5.41) is 21.2.